The lowest BCUT2D eigenvalue weighted by Crippen LogP contribution is -2.31. The van der Waals surface area contributed by atoms with Gasteiger partial charge in [0.15, 0.2) is 17.3 Å². The van der Waals surface area contributed by atoms with Gasteiger partial charge in [0.25, 0.3) is 0 Å². The van der Waals surface area contributed by atoms with Crippen molar-refractivity contribution in [3.05, 3.63) is 45.0 Å². The highest BCUT2D eigenvalue weighted by Crippen LogP contribution is 2.48. The molecule has 0 bridgehead atoms. The predicted molar refractivity (Wildman–Crippen MR) is 100 cm³/mol. The molecule has 2 aliphatic rings. The third kappa shape index (κ3) is 3.29. The summed E-state index contributed by atoms with van der Waals surface area (Å²) in [5, 5.41) is 0. The topological polar surface area (TPSA) is 97.1 Å². The molecule has 144 valence electrons. The second-order valence-corrected chi connectivity index (χ2v) is 7.00. The summed E-state index contributed by atoms with van der Waals surface area (Å²) in [7, 11) is 4.30. The predicted octanol–water partition coefficient (Wildman–Crippen LogP) is 2.93. The van der Waals surface area contributed by atoms with E-state index in [0.717, 1.165) is 0 Å². The van der Waals surface area contributed by atoms with Crippen LogP contribution in [0.5, 0.6) is 11.5 Å². The standard InChI is InChI=1S/C19H20BrNO6/c1-24-13-7-9(10(20)8-14(13)25-2)15-16-11(22)5-4-6-12(16)27-18(21)17(15)19(23)26-3/h7-8,15H,4-6,21H2,1-3H3/t15-/m1/s1. The van der Waals surface area contributed by atoms with Gasteiger partial charge in [-0.1, -0.05) is 15.9 Å². The van der Waals surface area contributed by atoms with Gasteiger partial charge in [-0.05, 0) is 24.1 Å². The highest BCUT2D eigenvalue weighted by molar-refractivity contribution is 9.10. The van der Waals surface area contributed by atoms with Crippen LogP contribution in [0.4, 0.5) is 0 Å². The number of halogens is 1. The van der Waals surface area contributed by atoms with Gasteiger partial charge < -0.3 is 24.7 Å². The third-order valence-corrected chi connectivity index (χ3v) is 5.39. The molecule has 0 aromatic heterocycles. The van der Waals surface area contributed by atoms with Crippen LogP contribution in [0.1, 0.15) is 30.7 Å². The average Bonchev–Trinajstić information content (AvgIpc) is 2.66. The Balaban J connectivity index is 2.27. The zero-order valence-electron chi connectivity index (χ0n) is 15.3. The smallest absolute Gasteiger partial charge is 0.340 e. The van der Waals surface area contributed by atoms with Crippen molar-refractivity contribution in [2.75, 3.05) is 21.3 Å². The van der Waals surface area contributed by atoms with E-state index in [0.29, 0.717) is 52.1 Å². The maximum absolute atomic E-state index is 12.7. The fraction of sp³-hybridized carbons (Fsp3) is 0.368. The van der Waals surface area contributed by atoms with Gasteiger partial charge in [0.05, 0.1) is 27.2 Å². The van der Waals surface area contributed by atoms with Gasteiger partial charge in [-0.2, -0.15) is 0 Å². The Bertz CT molecular complexity index is 873. The molecule has 0 amide bonds. The first-order valence-electron chi connectivity index (χ1n) is 8.36. The molecular formula is C19H20BrNO6. The van der Waals surface area contributed by atoms with Gasteiger partial charge >= 0.3 is 5.97 Å². The SMILES string of the molecule is COC(=O)C1=C(N)OC2=C(C(=O)CCC2)[C@H]1c1cc(OC)c(OC)cc1Br. The Hall–Kier alpha value is -2.48. The van der Waals surface area contributed by atoms with Crippen LogP contribution in [-0.4, -0.2) is 33.1 Å². The van der Waals surface area contributed by atoms with E-state index in [9.17, 15) is 9.59 Å². The van der Waals surface area contributed by atoms with Gasteiger partial charge in [-0.25, -0.2) is 4.79 Å². The monoisotopic (exact) mass is 437 g/mol. The summed E-state index contributed by atoms with van der Waals surface area (Å²) in [4.78, 5) is 25.2. The van der Waals surface area contributed by atoms with E-state index in [1.165, 1.54) is 21.3 Å². The van der Waals surface area contributed by atoms with Crippen molar-refractivity contribution in [3.8, 4) is 11.5 Å². The molecule has 0 saturated carbocycles. The van der Waals surface area contributed by atoms with Crippen molar-refractivity contribution in [1.82, 2.24) is 0 Å². The molecule has 3 rings (SSSR count). The van der Waals surface area contributed by atoms with Crippen LogP contribution in [0.25, 0.3) is 0 Å². The van der Waals surface area contributed by atoms with Crippen LogP contribution in [-0.2, 0) is 19.1 Å². The summed E-state index contributed by atoms with van der Waals surface area (Å²) < 4.78 is 21.9. The van der Waals surface area contributed by atoms with Gasteiger partial charge in [-0.3, -0.25) is 4.79 Å². The number of ketones is 1. The second kappa shape index (κ2) is 7.64. The number of nitrogens with two attached hydrogens (primary N) is 1. The Labute approximate surface area is 165 Å². The van der Waals surface area contributed by atoms with Crippen LogP contribution in [0.2, 0.25) is 0 Å². The lowest BCUT2D eigenvalue weighted by Gasteiger charge is -2.32. The Kier molecular flexibility index (Phi) is 5.46. The van der Waals surface area contributed by atoms with Crippen molar-refractivity contribution in [2.45, 2.75) is 25.2 Å². The van der Waals surface area contributed by atoms with Gasteiger partial charge in [-0.15, -0.1) is 0 Å². The molecule has 7 nitrogen and oxygen atoms in total. The normalized spacial score (nSPS) is 19.4. The maximum Gasteiger partial charge on any atom is 0.340 e. The molecule has 8 heteroatoms. The minimum absolute atomic E-state index is 0.0537. The molecule has 1 aliphatic heterocycles. The molecule has 2 N–H and O–H groups in total. The molecular weight excluding hydrogens is 418 g/mol. The number of methoxy groups -OCH3 is 3. The fourth-order valence-electron chi connectivity index (χ4n) is 3.47. The number of ether oxygens (including phenoxy) is 4. The summed E-state index contributed by atoms with van der Waals surface area (Å²) in [6.07, 6.45) is 1.65. The van der Waals surface area contributed by atoms with Crippen LogP contribution in [0, 0.1) is 0 Å². The molecule has 1 aromatic carbocycles. The molecule has 1 heterocycles. The maximum atomic E-state index is 12.7. The molecule has 1 atom stereocenters. The Morgan fingerprint density at radius 1 is 1.19 bits per heavy atom. The van der Waals surface area contributed by atoms with Crippen LogP contribution >= 0.6 is 15.9 Å². The summed E-state index contributed by atoms with van der Waals surface area (Å²) in [6.45, 7) is 0. The molecule has 0 radical (unpaired) electrons. The van der Waals surface area contributed by atoms with Crippen molar-refractivity contribution in [2.24, 2.45) is 5.73 Å². The lowest BCUT2D eigenvalue weighted by atomic mass is 9.77. The molecule has 0 fully saturated rings. The van der Waals surface area contributed by atoms with Gasteiger partial charge in [0.2, 0.25) is 5.88 Å². The van der Waals surface area contributed by atoms with Crippen LogP contribution in [0.15, 0.2) is 39.4 Å². The number of hydrogen-bond acceptors (Lipinski definition) is 7. The van der Waals surface area contributed by atoms with E-state index in [2.05, 4.69) is 15.9 Å². The Morgan fingerprint density at radius 3 is 2.48 bits per heavy atom. The van der Waals surface area contributed by atoms with Crippen molar-refractivity contribution in [1.29, 1.82) is 0 Å². The zero-order valence-corrected chi connectivity index (χ0v) is 16.8. The summed E-state index contributed by atoms with van der Waals surface area (Å²) in [6, 6.07) is 3.45. The van der Waals surface area contributed by atoms with Gasteiger partial charge in [0.1, 0.15) is 11.3 Å². The number of esters is 1. The number of benzene rings is 1. The van der Waals surface area contributed by atoms with E-state index >= 15 is 0 Å². The lowest BCUT2D eigenvalue weighted by molar-refractivity contribution is -0.136. The van der Waals surface area contributed by atoms with E-state index in [1.54, 1.807) is 12.1 Å². The second-order valence-electron chi connectivity index (χ2n) is 6.15. The van der Waals surface area contributed by atoms with Crippen molar-refractivity contribution < 1.29 is 28.5 Å². The molecule has 0 unspecified atom stereocenters. The average molecular weight is 438 g/mol. The number of allylic oxidation sites excluding steroid dienone is 2. The van der Waals surface area contributed by atoms with Crippen LogP contribution < -0.4 is 15.2 Å². The largest absolute Gasteiger partial charge is 0.493 e. The minimum Gasteiger partial charge on any atom is -0.493 e. The molecule has 1 aromatic rings. The first-order valence-corrected chi connectivity index (χ1v) is 9.15. The van der Waals surface area contributed by atoms with Crippen molar-refractivity contribution >= 4 is 27.7 Å². The number of carbonyl (C=O) groups is 2. The highest BCUT2D eigenvalue weighted by Gasteiger charge is 2.42. The van der Waals surface area contributed by atoms with Crippen molar-refractivity contribution in [3.63, 3.8) is 0 Å². The molecule has 1 aliphatic carbocycles. The summed E-state index contributed by atoms with van der Waals surface area (Å²) in [5.74, 6) is -0.00878. The number of hydrogen-bond donors (Lipinski definition) is 1. The number of carbonyl (C=O) groups excluding carboxylic acids is 2. The van der Waals surface area contributed by atoms with E-state index < -0.39 is 11.9 Å². The summed E-state index contributed by atoms with van der Waals surface area (Å²) >= 11 is 3.52. The van der Waals surface area contributed by atoms with Crippen LogP contribution in [0.3, 0.4) is 0 Å². The minimum atomic E-state index is -0.719. The van der Waals surface area contributed by atoms with E-state index in [-0.39, 0.29) is 17.2 Å². The molecule has 27 heavy (non-hydrogen) atoms. The number of rotatable bonds is 4. The first-order chi connectivity index (χ1) is 12.9. The zero-order chi connectivity index (χ0) is 19.7. The van der Waals surface area contributed by atoms with E-state index in [1.807, 2.05) is 0 Å². The molecule has 0 saturated heterocycles. The summed E-state index contributed by atoms with van der Waals surface area (Å²) in [5.41, 5.74) is 7.22. The Morgan fingerprint density at radius 2 is 1.85 bits per heavy atom. The highest BCUT2D eigenvalue weighted by atomic mass is 79.9. The fourth-order valence-corrected chi connectivity index (χ4v) is 4.02. The van der Waals surface area contributed by atoms with E-state index in [4.69, 9.17) is 24.7 Å². The molecule has 0 spiro atoms. The third-order valence-electron chi connectivity index (χ3n) is 4.70. The number of Topliss-reactive ketones (excluding diaryl/α,β-unsaturated/α-hetero) is 1. The first kappa shape index (κ1) is 19.3. The van der Waals surface area contributed by atoms with Gasteiger partial charge in [0, 0.05) is 22.9 Å². The quantitative estimate of drug-likeness (QED) is 0.722.